The quantitative estimate of drug-likeness (QED) is 0.472. The van der Waals surface area contributed by atoms with Crippen molar-refractivity contribution < 1.29 is 13.6 Å². The summed E-state index contributed by atoms with van der Waals surface area (Å²) in [6.07, 6.45) is 0. The highest BCUT2D eigenvalue weighted by molar-refractivity contribution is 7.52. The molecule has 0 spiro atoms. The highest BCUT2D eigenvalue weighted by atomic mass is 31.2. The van der Waals surface area contributed by atoms with Gasteiger partial charge in [0.2, 0.25) is 5.96 Å². The highest BCUT2D eigenvalue weighted by Crippen LogP contribution is 2.51. The molecule has 7 heteroatoms. The summed E-state index contributed by atoms with van der Waals surface area (Å²) in [5.41, 5.74) is 7.53. The van der Waals surface area contributed by atoms with Crippen LogP contribution in [0.3, 0.4) is 0 Å². The molecule has 0 aliphatic rings. The van der Waals surface area contributed by atoms with Crippen LogP contribution in [0.15, 0.2) is 65.4 Å². The molecule has 0 aliphatic carbocycles. The minimum absolute atomic E-state index is 0.0828. The van der Waals surface area contributed by atoms with E-state index in [1.165, 1.54) is 0 Å². The largest absolute Gasteiger partial charge is 0.457 e. The van der Waals surface area contributed by atoms with Crippen LogP contribution in [0.5, 0.6) is 0 Å². The Labute approximate surface area is 142 Å². The smallest absolute Gasteiger partial charge is 0.369 e. The summed E-state index contributed by atoms with van der Waals surface area (Å²) in [4.78, 5) is 1.55. The molecule has 2 aromatic carbocycles. The van der Waals surface area contributed by atoms with Crippen LogP contribution in [0.25, 0.3) is 0 Å². The Morgan fingerprint density at radius 1 is 0.958 bits per heavy atom. The zero-order valence-corrected chi connectivity index (χ0v) is 14.7. The minimum Gasteiger partial charge on any atom is -0.369 e. The van der Waals surface area contributed by atoms with Crippen molar-refractivity contribution in [3.63, 3.8) is 0 Å². The Balaban J connectivity index is 2.11. The van der Waals surface area contributed by atoms with Gasteiger partial charge in [-0.3, -0.25) is 9.05 Å². The molecular weight excluding hydrogens is 325 g/mol. The summed E-state index contributed by atoms with van der Waals surface area (Å²) >= 11 is 0. The molecule has 6 nitrogen and oxygen atoms in total. The number of hydrogen-bond acceptors (Lipinski definition) is 3. The zero-order valence-electron chi connectivity index (χ0n) is 13.8. The molecule has 0 radical (unpaired) electrons. The van der Waals surface area contributed by atoms with Crippen LogP contribution in [-0.2, 0) is 26.8 Å². The van der Waals surface area contributed by atoms with Crippen molar-refractivity contribution in [2.24, 2.45) is 10.5 Å². The van der Waals surface area contributed by atoms with Crippen LogP contribution in [0.1, 0.15) is 11.1 Å². The monoisotopic (exact) mass is 347 g/mol. The number of hydrogen-bond donors (Lipinski definition) is 1. The van der Waals surface area contributed by atoms with Crippen molar-refractivity contribution in [2.75, 3.05) is 14.1 Å². The summed E-state index contributed by atoms with van der Waals surface area (Å²) in [7, 11) is -0.327. The molecule has 2 aromatic rings. The molecule has 0 aliphatic heterocycles. The van der Waals surface area contributed by atoms with Crippen molar-refractivity contribution in [3.05, 3.63) is 71.8 Å². The molecule has 0 bridgehead atoms. The maximum absolute atomic E-state index is 12.9. The van der Waals surface area contributed by atoms with Gasteiger partial charge in [-0.05, 0) is 11.1 Å². The molecule has 0 unspecified atom stereocenters. The fourth-order valence-electron chi connectivity index (χ4n) is 1.77. The van der Waals surface area contributed by atoms with E-state index in [-0.39, 0.29) is 19.2 Å². The van der Waals surface area contributed by atoms with Gasteiger partial charge in [0.25, 0.3) is 0 Å². The van der Waals surface area contributed by atoms with Gasteiger partial charge in [-0.15, -0.1) is 4.76 Å². The topological polar surface area (TPSA) is 77.2 Å². The molecule has 0 saturated carbocycles. The maximum atomic E-state index is 12.9. The molecule has 0 saturated heterocycles. The van der Waals surface area contributed by atoms with E-state index >= 15 is 0 Å². The van der Waals surface area contributed by atoms with E-state index in [4.69, 9.17) is 14.8 Å². The third-order valence-corrected chi connectivity index (χ3v) is 4.52. The predicted molar refractivity (Wildman–Crippen MR) is 95.4 cm³/mol. The first-order valence-corrected chi connectivity index (χ1v) is 8.98. The Morgan fingerprint density at radius 2 is 1.38 bits per heavy atom. The highest BCUT2D eigenvalue weighted by Gasteiger charge is 2.25. The summed E-state index contributed by atoms with van der Waals surface area (Å²) in [6.45, 7) is 0.244. The predicted octanol–water partition coefficient (Wildman–Crippen LogP) is 3.40. The molecule has 0 heterocycles. The summed E-state index contributed by atoms with van der Waals surface area (Å²) in [6, 6.07) is 18.8. The SMILES string of the molecule is CN(C)/C(N)=N/P(=O)(OCc1ccccc1)OCc1ccccc1. The fraction of sp³-hybridized carbons (Fsp3) is 0.235. The lowest BCUT2D eigenvalue weighted by atomic mass is 10.2. The van der Waals surface area contributed by atoms with Gasteiger partial charge in [0.1, 0.15) is 0 Å². The van der Waals surface area contributed by atoms with E-state index in [0.717, 1.165) is 11.1 Å². The van der Waals surface area contributed by atoms with Gasteiger partial charge in [0, 0.05) is 14.1 Å². The molecule has 128 valence electrons. The van der Waals surface area contributed by atoms with Gasteiger partial charge in [0.05, 0.1) is 13.2 Å². The fourth-order valence-corrected chi connectivity index (χ4v) is 3.01. The Bertz CT molecular complexity index is 658. The first-order valence-electron chi connectivity index (χ1n) is 7.48. The van der Waals surface area contributed by atoms with Crippen molar-refractivity contribution in [1.29, 1.82) is 0 Å². The van der Waals surface area contributed by atoms with E-state index in [0.29, 0.717) is 0 Å². The number of rotatable bonds is 7. The number of nitrogens with zero attached hydrogens (tertiary/aromatic N) is 2. The summed E-state index contributed by atoms with van der Waals surface area (Å²) in [5, 5.41) is 0. The molecule has 0 atom stereocenters. The average Bonchev–Trinajstić information content (AvgIpc) is 2.60. The standard InChI is InChI=1S/C17H22N3O3P/c1-20(2)17(18)19-24(21,22-13-15-9-5-3-6-10-15)23-14-16-11-7-4-8-12-16/h3-12H,13-14H2,1-2H3,(H2,18,19,21). The van der Waals surface area contributed by atoms with Gasteiger partial charge >= 0.3 is 7.75 Å². The van der Waals surface area contributed by atoms with Crippen molar-refractivity contribution >= 4 is 13.7 Å². The molecule has 24 heavy (non-hydrogen) atoms. The van der Waals surface area contributed by atoms with Crippen LogP contribution < -0.4 is 5.73 Å². The van der Waals surface area contributed by atoms with E-state index in [9.17, 15) is 4.57 Å². The normalized spacial score (nSPS) is 12.2. The maximum Gasteiger partial charge on any atom is 0.457 e. The van der Waals surface area contributed by atoms with E-state index < -0.39 is 7.75 Å². The van der Waals surface area contributed by atoms with E-state index in [1.54, 1.807) is 19.0 Å². The van der Waals surface area contributed by atoms with Crippen LogP contribution >= 0.6 is 7.75 Å². The van der Waals surface area contributed by atoms with Gasteiger partial charge in [-0.25, -0.2) is 4.57 Å². The second-order valence-electron chi connectivity index (χ2n) is 5.34. The first-order chi connectivity index (χ1) is 11.5. The summed E-state index contributed by atoms with van der Waals surface area (Å²) < 4.78 is 27.9. The molecular formula is C17H22N3O3P. The lowest BCUT2D eigenvalue weighted by Crippen LogP contribution is -2.30. The summed E-state index contributed by atoms with van der Waals surface area (Å²) in [5.74, 6) is 0.0828. The number of nitrogens with two attached hydrogens (primary N) is 1. The van der Waals surface area contributed by atoms with Gasteiger partial charge in [0.15, 0.2) is 0 Å². The third-order valence-electron chi connectivity index (χ3n) is 3.16. The zero-order chi connectivity index (χ0) is 17.4. The van der Waals surface area contributed by atoms with Crippen molar-refractivity contribution in [1.82, 2.24) is 4.90 Å². The van der Waals surface area contributed by atoms with Gasteiger partial charge in [-0.1, -0.05) is 60.7 Å². The van der Waals surface area contributed by atoms with Crippen LogP contribution in [0.4, 0.5) is 0 Å². The molecule has 0 aromatic heterocycles. The third kappa shape index (κ3) is 5.81. The van der Waals surface area contributed by atoms with Crippen LogP contribution in [0, 0.1) is 0 Å². The lowest BCUT2D eigenvalue weighted by Gasteiger charge is -2.17. The van der Waals surface area contributed by atoms with E-state index in [2.05, 4.69) is 4.76 Å². The second kappa shape index (κ2) is 8.64. The molecule has 2 N–H and O–H groups in total. The second-order valence-corrected chi connectivity index (χ2v) is 6.99. The Kier molecular flexibility index (Phi) is 6.55. The Morgan fingerprint density at radius 3 is 1.75 bits per heavy atom. The molecule has 2 rings (SSSR count). The van der Waals surface area contributed by atoms with Gasteiger partial charge in [-0.2, -0.15) is 0 Å². The Hall–Kier alpha value is -2.14. The molecule has 0 fully saturated rings. The molecule has 0 amide bonds. The van der Waals surface area contributed by atoms with Crippen molar-refractivity contribution in [2.45, 2.75) is 13.2 Å². The minimum atomic E-state index is -3.74. The first kappa shape index (κ1) is 18.2. The number of guanidine groups is 1. The van der Waals surface area contributed by atoms with Crippen molar-refractivity contribution in [3.8, 4) is 0 Å². The van der Waals surface area contributed by atoms with E-state index in [1.807, 2.05) is 60.7 Å². The lowest BCUT2D eigenvalue weighted by molar-refractivity contribution is 0.191. The number of benzene rings is 2. The van der Waals surface area contributed by atoms with Crippen LogP contribution in [0.2, 0.25) is 0 Å². The van der Waals surface area contributed by atoms with Gasteiger partial charge < -0.3 is 10.6 Å². The van der Waals surface area contributed by atoms with Crippen LogP contribution in [-0.4, -0.2) is 25.0 Å². The average molecular weight is 347 g/mol.